The lowest BCUT2D eigenvalue weighted by atomic mass is 10.1. The molecule has 37 heavy (non-hydrogen) atoms. The van der Waals surface area contributed by atoms with Gasteiger partial charge in [0.1, 0.15) is 12.6 Å². The van der Waals surface area contributed by atoms with Crippen LogP contribution in [0, 0.1) is 6.92 Å². The molecule has 3 rings (SSSR count). The average Bonchev–Trinajstić information content (AvgIpc) is 2.89. The van der Waals surface area contributed by atoms with Gasteiger partial charge in [-0.05, 0) is 43.2 Å². The highest BCUT2D eigenvalue weighted by molar-refractivity contribution is 7.92. The Labute approximate surface area is 228 Å². The van der Waals surface area contributed by atoms with E-state index in [0.717, 1.165) is 15.4 Å². The molecule has 0 bridgehead atoms. The standard InChI is InChI=1S/C27H29Cl2N3O4S/c1-4-23(27(34)30-3)31(17-20-9-6-5-7-10-20)25(33)18-32(24-12-8-11-22(28)26(24)29)37(35,36)21-15-13-19(2)14-16-21/h5-16,23H,4,17-18H2,1-3H3,(H,30,34)/t23-/m1/s1. The van der Waals surface area contributed by atoms with Gasteiger partial charge in [0.15, 0.2) is 0 Å². The van der Waals surface area contributed by atoms with Gasteiger partial charge in [0.25, 0.3) is 10.0 Å². The van der Waals surface area contributed by atoms with Crippen LogP contribution < -0.4 is 9.62 Å². The molecule has 10 heteroatoms. The third-order valence-corrected chi connectivity index (χ3v) is 8.50. The third kappa shape index (κ3) is 6.63. The van der Waals surface area contributed by atoms with Gasteiger partial charge < -0.3 is 10.2 Å². The van der Waals surface area contributed by atoms with Crippen molar-refractivity contribution in [1.82, 2.24) is 10.2 Å². The molecular formula is C27H29Cl2N3O4S. The smallest absolute Gasteiger partial charge is 0.264 e. The van der Waals surface area contributed by atoms with Crippen LogP contribution in [0.4, 0.5) is 5.69 Å². The van der Waals surface area contributed by atoms with Gasteiger partial charge in [-0.1, -0.05) is 84.2 Å². The zero-order valence-corrected chi connectivity index (χ0v) is 23.1. The number of nitrogens with one attached hydrogen (secondary N) is 1. The number of sulfonamides is 1. The summed E-state index contributed by atoms with van der Waals surface area (Å²) in [7, 11) is -2.73. The van der Waals surface area contributed by atoms with Crippen LogP contribution in [0.2, 0.25) is 10.0 Å². The van der Waals surface area contributed by atoms with Gasteiger partial charge in [-0.3, -0.25) is 13.9 Å². The summed E-state index contributed by atoms with van der Waals surface area (Å²) in [6.45, 7) is 3.17. The molecule has 3 aromatic carbocycles. The van der Waals surface area contributed by atoms with E-state index in [2.05, 4.69) is 5.32 Å². The van der Waals surface area contributed by atoms with Crippen LogP contribution in [0.25, 0.3) is 0 Å². The number of rotatable bonds is 10. The number of anilines is 1. The van der Waals surface area contributed by atoms with Crippen molar-refractivity contribution in [3.8, 4) is 0 Å². The first-order valence-corrected chi connectivity index (χ1v) is 13.9. The summed E-state index contributed by atoms with van der Waals surface area (Å²) in [5, 5.41) is 2.74. The van der Waals surface area contributed by atoms with Gasteiger partial charge in [-0.25, -0.2) is 8.42 Å². The molecule has 2 amide bonds. The van der Waals surface area contributed by atoms with E-state index in [0.29, 0.717) is 6.42 Å². The molecule has 3 aromatic rings. The Hall–Kier alpha value is -3.07. The number of carbonyl (C=O) groups excluding carboxylic acids is 2. The topological polar surface area (TPSA) is 86.8 Å². The van der Waals surface area contributed by atoms with E-state index >= 15 is 0 Å². The van der Waals surface area contributed by atoms with Crippen molar-refractivity contribution in [1.29, 1.82) is 0 Å². The molecule has 1 N–H and O–H groups in total. The van der Waals surface area contributed by atoms with Crippen LogP contribution in [0.5, 0.6) is 0 Å². The Kier molecular flexibility index (Phi) is 9.59. The summed E-state index contributed by atoms with van der Waals surface area (Å²) < 4.78 is 28.6. The summed E-state index contributed by atoms with van der Waals surface area (Å²) in [5.41, 5.74) is 1.75. The van der Waals surface area contributed by atoms with E-state index in [4.69, 9.17) is 23.2 Å². The summed E-state index contributed by atoms with van der Waals surface area (Å²) >= 11 is 12.6. The number of likely N-dealkylation sites (N-methyl/N-ethyl adjacent to an activating group) is 1. The lowest BCUT2D eigenvalue weighted by molar-refractivity contribution is -0.140. The summed E-state index contributed by atoms with van der Waals surface area (Å²) in [6.07, 6.45) is 0.334. The SMILES string of the molecule is CC[C@H](C(=O)NC)N(Cc1ccccc1)C(=O)CN(c1cccc(Cl)c1Cl)S(=O)(=O)c1ccc(C)cc1. The largest absolute Gasteiger partial charge is 0.357 e. The van der Waals surface area contributed by atoms with Crippen LogP contribution in [0.1, 0.15) is 24.5 Å². The third-order valence-electron chi connectivity index (χ3n) is 5.92. The molecular weight excluding hydrogens is 533 g/mol. The minimum Gasteiger partial charge on any atom is -0.357 e. The minimum absolute atomic E-state index is 0.000561. The number of hydrogen-bond acceptors (Lipinski definition) is 4. The monoisotopic (exact) mass is 561 g/mol. The van der Waals surface area contributed by atoms with Crippen LogP contribution in [0.3, 0.4) is 0 Å². The molecule has 0 aliphatic carbocycles. The van der Waals surface area contributed by atoms with E-state index in [1.807, 2.05) is 37.3 Å². The van der Waals surface area contributed by atoms with Gasteiger partial charge >= 0.3 is 0 Å². The number of benzene rings is 3. The van der Waals surface area contributed by atoms with E-state index in [1.54, 1.807) is 25.1 Å². The van der Waals surface area contributed by atoms with Crippen molar-refractivity contribution in [3.63, 3.8) is 0 Å². The Morgan fingerprint density at radius 2 is 1.59 bits per heavy atom. The highest BCUT2D eigenvalue weighted by Gasteiger charge is 2.34. The van der Waals surface area contributed by atoms with E-state index in [9.17, 15) is 18.0 Å². The molecule has 0 heterocycles. The predicted octanol–water partition coefficient (Wildman–Crippen LogP) is 5.05. The normalized spacial score (nSPS) is 12.0. The maximum absolute atomic E-state index is 13.8. The zero-order valence-electron chi connectivity index (χ0n) is 20.8. The lowest BCUT2D eigenvalue weighted by Gasteiger charge is -2.33. The van der Waals surface area contributed by atoms with E-state index in [-0.39, 0.29) is 33.1 Å². The Bertz CT molecular complexity index is 1350. The molecule has 0 saturated heterocycles. The molecule has 0 spiro atoms. The zero-order chi connectivity index (χ0) is 27.2. The van der Waals surface area contributed by atoms with Crippen molar-refractivity contribution in [2.75, 3.05) is 17.9 Å². The van der Waals surface area contributed by atoms with Gasteiger partial charge in [0, 0.05) is 13.6 Å². The first kappa shape index (κ1) is 28.5. The van der Waals surface area contributed by atoms with Crippen molar-refractivity contribution < 1.29 is 18.0 Å². The molecule has 0 radical (unpaired) electrons. The van der Waals surface area contributed by atoms with Gasteiger partial charge in [0.05, 0.1) is 20.6 Å². The molecule has 0 unspecified atom stereocenters. The summed E-state index contributed by atoms with van der Waals surface area (Å²) in [4.78, 5) is 27.9. The molecule has 0 aliphatic heterocycles. The second-order valence-electron chi connectivity index (χ2n) is 8.44. The van der Waals surface area contributed by atoms with Gasteiger partial charge in [-0.15, -0.1) is 0 Å². The van der Waals surface area contributed by atoms with Crippen molar-refractivity contribution in [2.45, 2.75) is 37.8 Å². The number of amides is 2. The summed E-state index contributed by atoms with van der Waals surface area (Å²) in [6, 6.07) is 19.3. The molecule has 0 aromatic heterocycles. The van der Waals surface area contributed by atoms with Gasteiger partial charge in [0.2, 0.25) is 11.8 Å². The van der Waals surface area contributed by atoms with Crippen molar-refractivity contribution >= 4 is 50.7 Å². The Balaban J connectivity index is 2.10. The van der Waals surface area contributed by atoms with Crippen LogP contribution in [0.15, 0.2) is 77.7 Å². The lowest BCUT2D eigenvalue weighted by Crippen LogP contribution is -2.51. The molecule has 1 atom stereocenters. The minimum atomic E-state index is -4.23. The highest BCUT2D eigenvalue weighted by Crippen LogP contribution is 2.35. The fraction of sp³-hybridized carbons (Fsp3) is 0.259. The first-order valence-electron chi connectivity index (χ1n) is 11.7. The maximum Gasteiger partial charge on any atom is 0.264 e. The maximum atomic E-state index is 13.8. The Morgan fingerprint density at radius 1 is 0.946 bits per heavy atom. The number of aryl methyl sites for hydroxylation is 1. The fourth-order valence-electron chi connectivity index (χ4n) is 3.90. The fourth-order valence-corrected chi connectivity index (χ4v) is 5.78. The molecule has 0 fully saturated rings. The summed E-state index contributed by atoms with van der Waals surface area (Å²) in [5.74, 6) is -0.911. The van der Waals surface area contributed by atoms with E-state index < -0.39 is 28.5 Å². The average molecular weight is 563 g/mol. The molecule has 0 saturated carbocycles. The van der Waals surface area contributed by atoms with Crippen molar-refractivity contribution in [3.05, 3.63) is 94.0 Å². The van der Waals surface area contributed by atoms with Crippen molar-refractivity contribution in [2.24, 2.45) is 0 Å². The number of hydrogen-bond donors (Lipinski definition) is 1. The quantitative estimate of drug-likeness (QED) is 0.375. The van der Waals surface area contributed by atoms with Crippen LogP contribution in [-0.4, -0.2) is 44.8 Å². The second-order valence-corrected chi connectivity index (χ2v) is 11.1. The van der Waals surface area contributed by atoms with Crippen LogP contribution >= 0.6 is 23.2 Å². The highest BCUT2D eigenvalue weighted by atomic mass is 35.5. The second kappa shape index (κ2) is 12.4. The van der Waals surface area contributed by atoms with Gasteiger partial charge in [-0.2, -0.15) is 0 Å². The number of halogens is 2. The predicted molar refractivity (Wildman–Crippen MR) is 147 cm³/mol. The first-order chi connectivity index (χ1) is 17.6. The Morgan fingerprint density at radius 3 is 2.19 bits per heavy atom. The van der Waals surface area contributed by atoms with Crippen LogP contribution in [-0.2, 0) is 26.2 Å². The molecule has 196 valence electrons. The number of nitrogens with zero attached hydrogens (tertiary/aromatic N) is 2. The molecule has 0 aliphatic rings. The number of carbonyl (C=O) groups is 2. The molecule has 7 nitrogen and oxygen atoms in total. The van der Waals surface area contributed by atoms with E-state index in [1.165, 1.54) is 36.2 Å².